The lowest BCUT2D eigenvalue weighted by molar-refractivity contribution is -0.133. The highest BCUT2D eigenvalue weighted by molar-refractivity contribution is 7.16. The van der Waals surface area contributed by atoms with Crippen LogP contribution in [0.25, 0.3) is 4.96 Å². The number of amides is 1. The van der Waals surface area contributed by atoms with Crippen molar-refractivity contribution in [3.63, 3.8) is 0 Å². The van der Waals surface area contributed by atoms with Crippen LogP contribution in [-0.2, 0) is 16.0 Å². The van der Waals surface area contributed by atoms with Gasteiger partial charge in [0.1, 0.15) is 5.01 Å². The smallest absolute Gasteiger partial charge is 0.234 e. The van der Waals surface area contributed by atoms with Crippen molar-refractivity contribution in [3.05, 3.63) is 10.8 Å². The van der Waals surface area contributed by atoms with Crippen molar-refractivity contribution < 1.29 is 9.53 Å². The molecule has 1 aliphatic rings. The normalized spacial score (nSPS) is 18.7. The third kappa shape index (κ3) is 3.87. The average molecular weight is 337 g/mol. The number of fused-ring (bicyclic) bond motifs is 1. The Hall–Kier alpha value is -1.54. The van der Waals surface area contributed by atoms with Gasteiger partial charge in [0, 0.05) is 32.5 Å². The average Bonchev–Trinajstić information content (AvgIpc) is 3.13. The van der Waals surface area contributed by atoms with E-state index in [0.29, 0.717) is 18.8 Å². The number of piperidine rings is 1. The van der Waals surface area contributed by atoms with Crippen LogP contribution >= 0.6 is 11.3 Å². The topological polar surface area (TPSA) is 72.6 Å². The standard InChI is InChI=1S/C15H23N5O2S/c1-3-22-10-12-5-4-8-19(9-12)14(21)7-6-13-18-20-11(2)16-17-15(20)23-13/h12H,3-10H2,1-2H3. The van der Waals surface area contributed by atoms with E-state index in [1.54, 1.807) is 4.52 Å². The van der Waals surface area contributed by atoms with E-state index in [2.05, 4.69) is 15.3 Å². The number of aryl methyl sites for hydroxylation is 2. The molecular weight excluding hydrogens is 314 g/mol. The second-order valence-corrected chi connectivity index (χ2v) is 6.99. The van der Waals surface area contributed by atoms with Crippen LogP contribution in [0.1, 0.15) is 37.0 Å². The molecule has 3 rings (SSSR count). The van der Waals surface area contributed by atoms with Gasteiger partial charge in [-0.15, -0.1) is 10.2 Å². The summed E-state index contributed by atoms with van der Waals surface area (Å²) < 4.78 is 7.24. The molecule has 8 heteroatoms. The SMILES string of the molecule is CCOCC1CCCN(C(=O)CCc2nn3c(C)nnc3s2)C1. The second kappa shape index (κ2) is 7.35. The van der Waals surface area contributed by atoms with Crippen molar-refractivity contribution in [1.82, 2.24) is 24.7 Å². The van der Waals surface area contributed by atoms with Crippen LogP contribution in [0.15, 0.2) is 0 Å². The first kappa shape index (κ1) is 16.3. The molecule has 1 saturated heterocycles. The molecule has 1 amide bonds. The maximum Gasteiger partial charge on any atom is 0.234 e. The largest absolute Gasteiger partial charge is 0.381 e. The van der Waals surface area contributed by atoms with Gasteiger partial charge in [-0.3, -0.25) is 4.79 Å². The highest BCUT2D eigenvalue weighted by atomic mass is 32.1. The summed E-state index contributed by atoms with van der Waals surface area (Å²) in [6, 6.07) is 0. The van der Waals surface area contributed by atoms with Gasteiger partial charge in [0.25, 0.3) is 0 Å². The summed E-state index contributed by atoms with van der Waals surface area (Å²) in [4.78, 5) is 15.2. The zero-order valence-corrected chi connectivity index (χ0v) is 14.5. The van der Waals surface area contributed by atoms with Gasteiger partial charge < -0.3 is 9.64 Å². The minimum absolute atomic E-state index is 0.217. The maximum absolute atomic E-state index is 12.4. The van der Waals surface area contributed by atoms with Crippen LogP contribution < -0.4 is 0 Å². The predicted molar refractivity (Wildman–Crippen MR) is 87.5 cm³/mol. The summed E-state index contributed by atoms with van der Waals surface area (Å²) in [5, 5.41) is 13.4. The van der Waals surface area contributed by atoms with Gasteiger partial charge in [-0.1, -0.05) is 11.3 Å². The van der Waals surface area contributed by atoms with Gasteiger partial charge in [0.05, 0.1) is 6.61 Å². The first-order valence-corrected chi connectivity index (χ1v) is 9.02. The Labute approximate surface area is 139 Å². The Morgan fingerprint density at radius 1 is 1.43 bits per heavy atom. The van der Waals surface area contributed by atoms with E-state index in [9.17, 15) is 4.79 Å². The third-order valence-corrected chi connectivity index (χ3v) is 5.13. The molecule has 0 bridgehead atoms. The molecule has 23 heavy (non-hydrogen) atoms. The fraction of sp³-hybridized carbons (Fsp3) is 0.733. The predicted octanol–water partition coefficient (Wildman–Crippen LogP) is 1.70. The van der Waals surface area contributed by atoms with E-state index in [1.807, 2.05) is 18.7 Å². The summed E-state index contributed by atoms with van der Waals surface area (Å²) in [6.45, 7) is 7.07. The van der Waals surface area contributed by atoms with Crippen molar-refractivity contribution in [2.24, 2.45) is 5.92 Å². The number of carbonyl (C=O) groups is 1. The van der Waals surface area contributed by atoms with Crippen molar-refractivity contribution in [3.8, 4) is 0 Å². The fourth-order valence-electron chi connectivity index (χ4n) is 2.94. The number of nitrogens with zero attached hydrogens (tertiary/aromatic N) is 5. The quantitative estimate of drug-likeness (QED) is 0.802. The van der Waals surface area contributed by atoms with E-state index in [0.717, 1.165) is 54.9 Å². The van der Waals surface area contributed by atoms with E-state index < -0.39 is 0 Å². The Kier molecular flexibility index (Phi) is 5.22. The molecule has 1 atom stereocenters. The first-order valence-electron chi connectivity index (χ1n) is 8.20. The zero-order chi connectivity index (χ0) is 16.2. The molecule has 0 saturated carbocycles. The van der Waals surface area contributed by atoms with Gasteiger partial charge in [-0.25, -0.2) is 0 Å². The summed E-state index contributed by atoms with van der Waals surface area (Å²) in [5.74, 6) is 1.47. The number of ether oxygens (including phenoxy) is 1. The van der Waals surface area contributed by atoms with Gasteiger partial charge in [0.15, 0.2) is 5.82 Å². The molecule has 1 aliphatic heterocycles. The summed E-state index contributed by atoms with van der Waals surface area (Å²) >= 11 is 1.51. The molecule has 0 aromatic carbocycles. The molecule has 1 unspecified atom stereocenters. The zero-order valence-electron chi connectivity index (χ0n) is 13.7. The number of hydrogen-bond acceptors (Lipinski definition) is 6. The van der Waals surface area contributed by atoms with E-state index in [1.165, 1.54) is 11.3 Å². The van der Waals surface area contributed by atoms with Crippen molar-refractivity contribution in [2.45, 2.75) is 39.5 Å². The molecule has 0 N–H and O–H groups in total. The molecule has 7 nitrogen and oxygen atoms in total. The van der Waals surface area contributed by atoms with E-state index in [4.69, 9.17) is 4.74 Å². The number of aromatic nitrogens is 4. The molecular formula is C15H23N5O2S. The number of likely N-dealkylation sites (tertiary alicyclic amines) is 1. The number of rotatable bonds is 6. The van der Waals surface area contributed by atoms with Crippen molar-refractivity contribution in [2.75, 3.05) is 26.3 Å². The van der Waals surface area contributed by atoms with Crippen LogP contribution in [0, 0.1) is 12.8 Å². The lowest BCUT2D eigenvalue weighted by atomic mass is 9.98. The van der Waals surface area contributed by atoms with E-state index in [-0.39, 0.29) is 5.91 Å². The minimum Gasteiger partial charge on any atom is -0.381 e. The number of hydrogen-bond donors (Lipinski definition) is 0. The van der Waals surface area contributed by atoms with Crippen molar-refractivity contribution in [1.29, 1.82) is 0 Å². The fourth-order valence-corrected chi connectivity index (χ4v) is 3.82. The molecule has 0 radical (unpaired) electrons. The van der Waals surface area contributed by atoms with E-state index >= 15 is 0 Å². The highest BCUT2D eigenvalue weighted by Gasteiger charge is 2.23. The van der Waals surface area contributed by atoms with Crippen LogP contribution in [0.5, 0.6) is 0 Å². The van der Waals surface area contributed by atoms with Crippen LogP contribution in [0.3, 0.4) is 0 Å². The second-order valence-electron chi connectivity index (χ2n) is 5.94. The third-order valence-electron chi connectivity index (χ3n) is 4.17. The molecule has 2 aromatic heterocycles. The van der Waals surface area contributed by atoms with Crippen molar-refractivity contribution >= 4 is 22.2 Å². The molecule has 1 fully saturated rings. The molecule has 126 valence electrons. The maximum atomic E-state index is 12.4. The lowest BCUT2D eigenvalue weighted by Gasteiger charge is -2.32. The number of carbonyl (C=O) groups excluding carboxylic acids is 1. The van der Waals surface area contributed by atoms with Gasteiger partial charge >= 0.3 is 0 Å². The van der Waals surface area contributed by atoms with Crippen LogP contribution in [-0.4, -0.2) is 56.9 Å². The van der Waals surface area contributed by atoms with Crippen LogP contribution in [0.2, 0.25) is 0 Å². The summed E-state index contributed by atoms with van der Waals surface area (Å²) in [5.41, 5.74) is 0. The summed E-state index contributed by atoms with van der Waals surface area (Å²) in [6.07, 6.45) is 3.39. The Balaban J connectivity index is 1.52. The van der Waals surface area contributed by atoms with Crippen LogP contribution in [0.4, 0.5) is 0 Å². The summed E-state index contributed by atoms with van der Waals surface area (Å²) in [7, 11) is 0. The Bertz CT molecular complexity index is 668. The lowest BCUT2D eigenvalue weighted by Crippen LogP contribution is -2.41. The molecule has 0 aliphatic carbocycles. The first-order chi connectivity index (χ1) is 11.2. The molecule has 2 aromatic rings. The minimum atomic E-state index is 0.217. The molecule has 3 heterocycles. The van der Waals surface area contributed by atoms with Gasteiger partial charge in [0.2, 0.25) is 10.9 Å². The van der Waals surface area contributed by atoms with Gasteiger partial charge in [-0.2, -0.15) is 9.61 Å². The molecule has 0 spiro atoms. The Morgan fingerprint density at radius 2 is 2.30 bits per heavy atom. The Morgan fingerprint density at radius 3 is 3.09 bits per heavy atom. The monoisotopic (exact) mass is 337 g/mol. The van der Waals surface area contributed by atoms with Gasteiger partial charge in [-0.05, 0) is 32.6 Å². The highest BCUT2D eigenvalue weighted by Crippen LogP contribution is 2.19.